The highest BCUT2D eigenvalue weighted by Crippen LogP contribution is 2.19. The minimum absolute atomic E-state index is 0.151. The van der Waals surface area contributed by atoms with Crippen molar-refractivity contribution in [2.75, 3.05) is 19.6 Å². The summed E-state index contributed by atoms with van der Waals surface area (Å²) in [5.74, 6) is 0.264. The normalized spacial score (nSPS) is 16.7. The van der Waals surface area contributed by atoms with Crippen LogP contribution in [-0.4, -0.2) is 30.4 Å². The number of amides is 1. The number of benzene rings is 1. The van der Waals surface area contributed by atoms with Crippen molar-refractivity contribution in [3.05, 3.63) is 47.0 Å². The van der Waals surface area contributed by atoms with Gasteiger partial charge in [0.2, 0.25) is 5.91 Å². The lowest BCUT2D eigenvalue weighted by Gasteiger charge is -2.25. The van der Waals surface area contributed by atoms with Gasteiger partial charge in [-0.15, -0.1) is 0 Å². The van der Waals surface area contributed by atoms with Gasteiger partial charge in [0, 0.05) is 30.5 Å². The lowest BCUT2D eigenvalue weighted by atomic mass is 10.1. The first-order chi connectivity index (χ1) is 9.16. The van der Waals surface area contributed by atoms with Gasteiger partial charge >= 0.3 is 0 Å². The summed E-state index contributed by atoms with van der Waals surface area (Å²) in [5, 5.41) is 3.44. The molecule has 2 rings (SSSR count). The maximum Gasteiger partial charge on any atom is 0.222 e. The summed E-state index contributed by atoms with van der Waals surface area (Å²) in [4.78, 5) is 13.7. The van der Waals surface area contributed by atoms with Crippen LogP contribution in [-0.2, 0) is 4.79 Å². The van der Waals surface area contributed by atoms with Crippen LogP contribution in [0.2, 0.25) is 0 Å². The molecule has 0 radical (unpaired) electrons. The van der Waals surface area contributed by atoms with Crippen LogP contribution in [0.5, 0.6) is 0 Å². The Bertz CT molecular complexity index is 447. The first-order valence-electron chi connectivity index (χ1n) is 6.56. The number of halogens is 1. The van der Waals surface area contributed by atoms with Gasteiger partial charge in [-0.2, -0.15) is 0 Å². The van der Waals surface area contributed by atoms with Crippen LogP contribution in [0.1, 0.15) is 24.4 Å². The molecule has 0 saturated carbocycles. The Hall–Kier alpha value is -1.13. The number of rotatable bonds is 6. The second kappa shape index (κ2) is 6.87. The average Bonchev–Trinajstić information content (AvgIpc) is 2.81. The molecule has 1 aromatic carbocycles. The summed E-state index contributed by atoms with van der Waals surface area (Å²) in [6.45, 7) is 6.14. The minimum Gasteiger partial charge on any atom is -0.341 e. The minimum atomic E-state index is 0.151. The second-order valence-corrected chi connectivity index (χ2v) is 5.93. The molecule has 3 nitrogen and oxygen atoms in total. The Morgan fingerprint density at radius 3 is 2.74 bits per heavy atom. The molecule has 0 spiro atoms. The highest BCUT2D eigenvalue weighted by molar-refractivity contribution is 9.11. The SMILES string of the molecule is C=C(Br)CNC(CN1CCCC1=O)c1ccccc1. The summed E-state index contributed by atoms with van der Waals surface area (Å²) in [6.07, 6.45) is 1.66. The Morgan fingerprint density at radius 1 is 1.42 bits per heavy atom. The molecule has 1 heterocycles. The number of carbonyl (C=O) groups is 1. The Labute approximate surface area is 122 Å². The van der Waals surface area contributed by atoms with Gasteiger partial charge in [-0.3, -0.25) is 4.79 Å². The van der Waals surface area contributed by atoms with E-state index in [1.165, 1.54) is 5.56 Å². The molecule has 4 heteroatoms. The fourth-order valence-corrected chi connectivity index (χ4v) is 2.49. The summed E-state index contributed by atoms with van der Waals surface area (Å²) in [7, 11) is 0. The Kier molecular flexibility index (Phi) is 5.16. The lowest BCUT2D eigenvalue weighted by Crippen LogP contribution is -2.36. The molecule has 1 fully saturated rings. The summed E-state index contributed by atoms with van der Waals surface area (Å²) in [5.41, 5.74) is 1.20. The van der Waals surface area contributed by atoms with Gasteiger partial charge in [-0.25, -0.2) is 0 Å². The molecule has 1 aliphatic rings. The first-order valence-corrected chi connectivity index (χ1v) is 7.35. The molecule has 1 N–H and O–H groups in total. The highest BCUT2D eigenvalue weighted by Gasteiger charge is 2.23. The number of nitrogens with one attached hydrogen (secondary N) is 1. The van der Waals surface area contributed by atoms with Crippen molar-refractivity contribution in [1.29, 1.82) is 0 Å². The third-order valence-electron chi connectivity index (χ3n) is 3.32. The summed E-state index contributed by atoms with van der Waals surface area (Å²) in [6, 6.07) is 10.4. The molecule has 0 aromatic heterocycles. The van der Waals surface area contributed by atoms with E-state index in [4.69, 9.17) is 0 Å². The van der Waals surface area contributed by atoms with Gasteiger partial charge in [0.15, 0.2) is 0 Å². The molecule has 1 atom stereocenters. The smallest absolute Gasteiger partial charge is 0.222 e. The van der Waals surface area contributed by atoms with Crippen LogP contribution < -0.4 is 5.32 Å². The Balaban J connectivity index is 2.05. The zero-order valence-electron chi connectivity index (χ0n) is 10.9. The van der Waals surface area contributed by atoms with Gasteiger partial charge in [-0.05, 0) is 12.0 Å². The van der Waals surface area contributed by atoms with Crippen molar-refractivity contribution in [3.63, 3.8) is 0 Å². The molecule has 102 valence electrons. The molecule has 1 unspecified atom stereocenters. The van der Waals surface area contributed by atoms with Gasteiger partial charge < -0.3 is 10.2 Å². The molecule has 19 heavy (non-hydrogen) atoms. The standard InChI is InChI=1S/C15H19BrN2O/c1-12(16)10-17-14(13-6-3-2-4-7-13)11-18-9-5-8-15(18)19/h2-4,6-7,14,17H,1,5,8-11H2. The molecule has 0 bridgehead atoms. The fraction of sp³-hybridized carbons (Fsp3) is 0.400. The van der Waals surface area contributed by atoms with E-state index in [1.807, 2.05) is 23.1 Å². The van der Waals surface area contributed by atoms with E-state index in [-0.39, 0.29) is 11.9 Å². The zero-order chi connectivity index (χ0) is 13.7. The van der Waals surface area contributed by atoms with Crippen molar-refractivity contribution < 1.29 is 4.79 Å². The number of carbonyl (C=O) groups excluding carboxylic acids is 1. The molecule has 1 saturated heterocycles. The number of nitrogens with zero attached hydrogens (tertiary/aromatic N) is 1. The van der Waals surface area contributed by atoms with Crippen LogP contribution in [0.3, 0.4) is 0 Å². The largest absolute Gasteiger partial charge is 0.341 e. The van der Waals surface area contributed by atoms with Crippen molar-refractivity contribution >= 4 is 21.8 Å². The van der Waals surface area contributed by atoms with Crippen LogP contribution in [0, 0.1) is 0 Å². The molecule has 1 aliphatic heterocycles. The van der Waals surface area contributed by atoms with Gasteiger partial charge in [0.25, 0.3) is 0 Å². The van der Waals surface area contributed by atoms with E-state index in [1.54, 1.807) is 0 Å². The van der Waals surface area contributed by atoms with Gasteiger partial charge in [-0.1, -0.05) is 52.8 Å². The van der Waals surface area contributed by atoms with Crippen LogP contribution in [0.25, 0.3) is 0 Å². The monoisotopic (exact) mass is 322 g/mol. The van der Waals surface area contributed by atoms with E-state index in [0.717, 1.165) is 24.0 Å². The van der Waals surface area contributed by atoms with Crippen molar-refractivity contribution in [1.82, 2.24) is 10.2 Å². The number of hydrogen-bond donors (Lipinski definition) is 1. The quantitative estimate of drug-likeness (QED) is 0.873. The lowest BCUT2D eigenvalue weighted by molar-refractivity contribution is -0.128. The predicted molar refractivity (Wildman–Crippen MR) is 81.1 cm³/mol. The number of likely N-dealkylation sites (tertiary alicyclic amines) is 1. The van der Waals surface area contributed by atoms with Crippen molar-refractivity contribution in [3.8, 4) is 0 Å². The molecular weight excluding hydrogens is 304 g/mol. The second-order valence-electron chi connectivity index (χ2n) is 4.80. The maximum absolute atomic E-state index is 11.8. The van der Waals surface area contributed by atoms with Crippen LogP contribution in [0.15, 0.2) is 41.4 Å². The molecule has 1 aromatic rings. The molecule has 1 amide bonds. The highest BCUT2D eigenvalue weighted by atomic mass is 79.9. The predicted octanol–water partition coefficient (Wildman–Crippen LogP) is 2.85. The van der Waals surface area contributed by atoms with E-state index in [0.29, 0.717) is 13.0 Å². The molecule has 0 aliphatic carbocycles. The maximum atomic E-state index is 11.8. The van der Waals surface area contributed by atoms with E-state index >= 15 is 0 Å². The van der Waals surface area contributed by atoms with E-state index in [9.17, 15) is 4.79 Å². The Morgan fingerprint density at radius 2 is 2.16 bits per heavy atom. The number of hydrogen-bond acceptors (Lipinski definition) is 2. The zero-order valence-corrected chi connectivity index (χ0v) is 12.5. The van der Waals surface area contributed by atoms with Gasteiger partial charge in [0.1, 0.15) is 0 Å². The fourth-order valence-electron chi connectivity index (χ4n) is 2.32. The summed E-state index contributed by atoms with van der Waals surface area (Å²) < 4.78 is 0.918. The van der Waals surface area contributed by atoms with Crippen molar-refractivity contribution in [2.45, 2.75) is 18.9 Å². The third kappa shape index (κ3) is 4.18. The topological polar surface area (TPSA) is 32.3 Å². The van der Waals surface area contributed by atoms with Crippen molar-refractivity contribution in [2.24, 2.45) is 0 Å². The van der Waals surface area contributed by atoms with Gasteiger partial charge in [0.05, 0.1) is 6.04 Å². The molecular formula is C15H19BrN2O. The summed E-state index contributed by atoms with van der Waals surface area (Å²) >= 11 is 3.36. The van der Waals surface area contributed by atoms with E-state index < -0.39 is 0 Å². The van der Waals surface area contributed by atoms with E-state index in [2.05, 4.69) is 40.0 Å². The van der Waals surface area contributed by atoms with Crippen LogP contribution >= 0.6 is 15.9 Å². The third-order valence-corrected chi connectivity index (χ3v) is 3.60. The first kappa shape index (κ1) is 14.3. The average molecular weight is 323 g/mol. The van der Waals surface area contributed by atoms with Crippen LogP contribution in [0.4, 0.5) is 0 Å².